The summed E-state index contributed by atoms with van der Waals surface area (Å²) in [6, 6.07) is 6.92. The number of rotatable bonds is 2. The summed E-state index contributed by atoms with van der Waals surface area (Å²) in [4.78, 5) is 11.6. The van der Waals surface area contributed by atoms with E-state index in [-0.39, 0.29) is 11.7 Å². The van der Waals surface area contributed by atoms with Gasteiger partial charge in [-0.1, -0.05) is 18.2 Å². The Labute approximate surface area is 99.8 Å². The van der Waals surface area contributed by atoms with Crippen LogP contribution in [0.3, 0.4) is 0 Å². The Morgan fingerprint density at radius 1 is 1.41 bits per heavy atom. The van der Waals surface area contributed by atoms with E-state index in [2.05, 4.69) is 9.46 Å². The third-order valence-electron chi connectivity index (χ3n) is 2.78. The van der Waals surface area contributed by atoms with Gasteiger partial charge in [0.2, 0.25) is 10.0 Å². The van der Waals surface area contributed by atoms with Crippen LogP contribution in [0.1, 0.15) is 21.8 Å². The third-order valence-corrected chi connectivity index (χ3v) is 4.22. The Morgan fingerprint density at radius 3 is 2.71 bits per heavy atom. The minimum atomic E-state index is -3.19. The van der Waals surface area contributed by atoms with E-state index in [1.54, 1.807) is 24.3 Å². The van der Waals surface area contributed by atoms with Crippen molar-refractivity contribution in [1.82, 2.24) is 4.72 Å². The molecule has 92 valence electrons. The molecule has 1 fully saturated rings. The van der Waals surface area contributed by atoms with Gasteiger partial charge in [0.25, 0.3) is 0 Å². The highest BCUT2D eigenvalue weighted by atomic mass is 32.2. The number of hydrogen-bond acceptors (Lipinski definition) is 4. The zero-order valence-corrected chi connectivity index (χ0v) is 10.2. The van der Waals surface area contributed by atoms with Crippen molar-refractivity contribution in [3.05, 3.63) is 35.4 Å². The van der Waals surface area contributed by atoms with Crippen LogP contribution < -0.4 is 4.72 Å². The first kappa shape index (κ1) is 12.1. The van der Waals surface area contributed by atoms with Crippen LogP contribution in [0.25, 0.3) is 0 Å². The molecule has 5 nitrogen and oxygen atoms in total. The molecule has 0 saturated carbocycles. The zero-order chi connectivity index (χ0) is 12.5. The standard InChI is InChI=1S/C11H13NO4S/c1-16-11(13)10-5-3-2-4-9(10)8-6-12-17(14,15)7-8/h2-5,8,12H,6-7H2,1H3. The molecule has 1 unspecified atom stereocenters. The van der Waals surface area contributed by atoms with Gasteiger partial charge in [-0.05, 0) is 11.6 Å². The third kappa shape index (κ3) is 2.48. The molecular formula is C11H13NO4S. The van der Waals surface area contributed by atoms with Gasteiger partial charge in [-0.25, -0.2) is 17.9 Å². The van der Waals surface area contributed by atoms with Crippen molar-refractivity contribution in [3.63, 3.8) is 0 Å². The van der Waals surface area contributed by atoms with Crippen LogP contribution in [0.2, 0.25) is 0 Å². The summed E-state index contributed by atoms with van der Waals surface area (Å²) in [7, 11) is -1.89. The van der Waals surface area contributed by atoms with Gasteiger partial charge in [-0.3, -0.25) is 0 Å². The van der Waals surface area contributed by atoms with E-state index in [9.17, 15) is 13.2 Å². The molecule has 1 atom stereocenters. The van der Waals surface area contributed by atoms with Crippen LogP contribution in [0.15, 0.2) is 24.3 Å². The summed E-state index contributed by atoms with van der Waals surface area (Å²) < 4.78 is 29.8. The van der Waals surface area contributed by atoms with Gasteiger partial charge in [0, 0.05) is 12.5 Å². The lowest BCUT2D eigenvalue weighted by Crippen LogP contribution is -2.15. The molecule has 6 heteroatoms. The second kappa shape index (κ2) is 4.46. The highest BCUT2D eigenvalue weighted by Crippen LogP contribution is 2.25. The molecule has 0 aromatic heterocycles. The van der Waals surface area contributed by atoms with E-state index in [0.717, 1.165) is 0 Å². The number of ether oxygens (including phenoxy) is 1. The fourth-order valence-corrected chi connectivity index (χ4v) is 3.36. The predicted octanol–water partition coefficient (Wildman–Crippen LogP) is 0.490. The molecule has 0 aliphatic carbocycles. The first-order valence-corrected chi connectivity index (χ1v) is 6.83. The van der Waals surface area contributed by atoms with Crippen molar-refractivity contribution >= 4 is 16.0 Å². The summed E-state index contributed by atoms with van der Waals surface area (Å²) in [6.45, 7) is 0.330. The molecule has 1 aliphatic heterocycles. The molecule has 1 heterocycles. The molecule has 2 rings (SSSR count). The molecule has 1 saturated heterocycles. The van der Waals surface area contributed by atoms with E-state index >= 15 is 0 Å². The zero-order valence-electron chi connectivity index (χ0n) is 9.34. The molecule has 1 aliphatic rings. The van der Waals surface area contributed by atoms with Crippen molar-refractivity contribution in [2.45, 2.75) is 5.92 Å². The number of nitrogens with one attached hydrogen (secondary N) is 1. The van der Waals surface area contributed by atoms with Gasteiger partial charge in [0.1, 0.15) is 0 Å². The van der Waals surface area contributed by atoms with Crippen molar-refractivity contribution in [2.75, 3.05) is 19.4 Å². The lowest BCUT2D eigenvalue weighted by atomic mass is 9.96. The maximum Gasteiger partial charge on any atom is 0.338 e. The molecule has 0 radical (unpaired) electrons. The van der Waals surface area contributed by atoms with Crippen molar-refractivity contribution in [1.29, 1.82) is 0 Å². The van der Waals surface area contributed by atoms with Crippen LogP contribution in [0, 0.1) is 0 Å². The Bertz CT molecular complexity index is 538. The number of carbonyl (C=O) groups is 1. The first-order chi connectivity index (χ1) is 8.03. The SMILES string of the molecule is COC(=O)c1ccccc1C1CNS(=O)(=O)C1. The van der Waals surface area contributed by atoms with E-state index in [4.69, 9.17) is 0 Å². The summed E-state index contributed by atoms with van der Waals surface area (Å²) in [5, 5.41) is 0. The molecular weight excluding hydrogens is 242 g/mol. The minimum Gasteiger partial charge on any atom is -0.465 e. The highest BCUT2D eigenvalue weighted by molar-refractivity contribution is 7.89. The van der Waals surface area contributed by atoms with E-state index < -0.39 is 16.0 Å². The smallest absolute Gasteiger partial charge is 0.338 e. The first-order valence-electron chi connectivity index (χ1n) is 5.18. The quantitative estimate of drug-likeness (QED) is 0.781. The second-order valence-electron chi connectivity index (χ2n) is 3.91. The molecule has 1 aromatic carbocycles. The molecule has 1 N–H and O–H groups in total. The highest BCUT2D eigenvalue weighted by Gasteiger charge is 2.30. The summed E-state index contributed by atoms with van der Waals surface area (Å²) in [5.41, 5.74) is 1.15. The average molecular weight is 255 g/mol. The summed E-state index contributed by atoms with van der Waals surface area (Å²) in [5.74, 6) is -0.624. The van der Waals surface area contributed by atoms with Crippen LogP contribution in [-0.2, 0) is 14.8 Å². The number of hydrogen-bond donors (Lipinski definition) is 1. The second-order valence-corrected chi connectivity index (χ2v) is 5.76. The van der Waals surface area contributed by atoms with E-state index in [0.29, 0.717) is 17.7 Å². The van der Waals surface area contributed by atoms with Gasteiger partial charge in [0.05, 0.1) is 18.4 Å². The number of carbonyl (C=O) groups excluding carboxylic acids is 1. The lowest BCUT2D eigenvalue weighted by molar-refractivity contribution is 0.0599. The van der Waals surface area contributed by atoms with Crippen LogP contribution in [0.4, 0.5) is 0 Å². The molecule has 0 amide bonds. The van der Waals surface area contributed by atoms with Gasteiger partial charge in [-0.15, -0.1) is 0 Å². The predicted molar refractivity (Wildman–Crippen MR) is 62.3 cm³/mol. The topological polar surface area (TPSA) is 72.5 Å². The number of methoxy groups -OCH3 is 1. The van der Waals surface area contributed by atoms with Gasteiger partial charge < -0.3 is 4.74 Å². The maximum absolute atomic E-state index is 11.6. The number of sulfonamides is 1. The molecule has 0 spiro atoms. The van der Waals surface area contributed by atoms with Crippen molar-refractivity contribution in [3.8, 4) is 0 Å². The van der Waals surface area contributed by atoms with Crippen LogP contribution >= 0.6 is 0 Å². The largest absolute Gasteiger partial charge is 0.465 e. The molecule has 0 bridgehead atoms. The van der Waals surface area contributed by atoms with Crippen LogP contribution in [-0.4, -0.2) is 33.8 Å². The van der Waals surface area contributed by atoms with E-state index in [1.807, 2.05) is 0 Å². The molecule has 17 heavy (non-hydrogen) atoms. The van der Waals surface area contributed by atoms with Gasteiger partial charge in [0.15, 0.2) is 0 Å². The monoisotopic (exact) mass is 255 g/mol. The molecule has 1 aromatic rings. The summed E-state index contributed by atoms with van der Waals surface area (Å²) in [6.07, 6.45) is 0. The average Bonchev–Trinajstić information content (AvgIpc) is 2.68. The Hall–Kier alpha value is -1.40. The summed E-state index contributed by atoms with van der Waals surface area (Å²) >= 11 is 0. The number of esters is 1. The maximum atomic E-state index is 11.6. The fraction of sp³-hybridized carbons (Fsp3) is 0.364. The Balaban J connectivity index is 2.36. The minimum absolute atomic E-state index is 0.0149. The van der Waals surface area contributed by atoms with Crippen LogP contribution in [0.5, 0.6) is 0 Å². The lowest BCUT2D eigenvalue weighted by Gasteiger charge is -2.11. The van der Waals surface area contributed by atoms with Crippen molar-refractivity contribution < 1.29 is 17.9 Å². The van der Waals surface area contributed by atoms with Crippen molar-refractivity contribution in [2.24, 2.45) is 0 Å². The van der Waals surface area contributed by atoms with E-state index in [1.165, 1.54) is 7.11 Å². The Morgan fingerprint density at radius 2 is 2.12 bits per heavy atom. The van der Waals surface area contributed by atoms with Gasteiger partial charge >= 0.3 is 5.97 Å². The normalized spacial score (nSPS) is 22.3. The fourth-order valence-electron chi connectivity index (χ4n) is 1.96. The number of benzene rings is 1. The van der Waals surface area contributed by atoms with Gasteiger partial charge in [-0.2, -0.15) is 0 Å². The Kier molecular flexibility index (Phi) is 3.17.